The molecule has 1 N–H and O–H groups in total. The van der Waals surface area contributed by atoms with Gasteiger partial charge in [-0.2, -0.15) is 0 Å². The largest absolute Gasteiger partial charge is 0.463 e. The number of ether oxygens (including phenoxy) is 1. The molecule has 1 unspecified atom stereocenters. The highest BCUT2D eigenvalue weighted by Gasteiger charge is 2.28. The molecule has 1 saturated heterocycles. The third-order valence-corrected chi connectivity index (χ3v) is 2.55. The van der Waals surface area contributed by atoms with Gasteiger partial charge in [0, 0.05) is 25.7 Å². The summed E-state index contributed by atoms with van der Waals surface area (Å²) in [6, 6.07) is -0.198. The quantitative estimate of drug-likeness (QED) is 0.526. The minimum Gasteiger partial charge on any atom is -0.463 e. The molecule has 1 fully saturated rings. The SMILES string of the molecule is C=C(CNC1CCN(C)C1=O)C(=O)OCC. The number of nitrogens with zero attached hydrogens (tertiary/aromatic N) is 1. The molecule has 1 atom stereocenters. The molecule has 1 amide bonds. The van der Waals surface area contributed by atoms with Crippen LogP contribution >= 0.6 is 0 Å². The first-order valence-corrected chi connectivity index (χ1v) is 5.39. The molecule has 0 aromatic rings. The lowest BCUT2D eigenvalue weighted by molar-refractivity contribution is -0.138. The van der Waals surface area contributed by atoms with Gasteiger partial charge in [0.25, 0.3) is 0 Å². The molecule has 1 rings (SSSR count). The van der Waals surface area contributed by atoms with Crippen LogP contribution in [0.15, 0.2) is 12.2 Å². The summed E-state index contributed by atoms with van der Waals surface area (Å²) in [6.07, 6.45) is 0.769. The molecule has 0 aliphatic carbocycles. The van der Waals surface area contributed by atoms with Gasteiger partial charge in [0.05, 0.1) is 12.6 Å². The highest BCUT2D eigenvalue weighted by atomic mass is 16.5. The van der Waals surface area contributed by atoms with Crippen LogP contribution in [-0.4, -0.2) is 49.6 Å². The fourth-order valence-corrected chi connectivity index (χ4v) is 1.56. The average Bonchev–Trinajstić information content (AvgIpc) is 2.57. The Labute approximate surface area is 95.4 Å². The van der Waals surface area contributed by atoms with Gasteiger partial charge in [-0.15, -0.1) is 0 Å². The molecule has 0 aromatic heterocycles. The van der Waals surface area contributed by atoms with Gasteiger partial charge < -0.3 is 15.0 Å². The second kappa shape index (κ2) is 5.65. The smallest absolute Gasteiger partial charge is 0.334 e. The maximum Gasteiger partial charge on any atom is 0.334 e. The summed E-state index contributed by atoms with van der Waals surface area (Å²) in [5.41, 5.74) is 0.351. The molecule has 1 heterocycles. The lowest BCUT2D eigenvalue weighted by Crippen LogP contribution is -2.38. The number of esters is 1. The van der Waals surface area contributed by atoms with Gasteiger partial charge >= 0.3 is 5.97 Å². The van der Waals surface area contributed by atoms with Crippen molar-refractivity contribution in [2.45, 2.75) is 19.4 Å². The van der Waals surface area contributed by atoms with E-state index in [1.165, 1.54) is 0 Å². The number of carbonyl (C=O) groups excluding carboxylic acids is 2. The summed E-state index contributed by atoms with van der Waals surface area (Å²) >= 11 is 0. The highest BCUT2D eigenvalue weighted by Crippen LogP contribution is 2.08. The molecule has 16 heavy (non-hydrogen) atoms. The van der Waals surface area contributed by atoms with Crippen LogP contribution < -0.4 is 5.32 Å². The van der Waals surface area contributed by atoms with Crippen LogP contribution in [0.1, 0.15) is 13.3 Å². The molecule has 1 aliphatic rings. The van der Waals surface area contributed by atoms with E-state index >= 15 is 0 Å². The van der Waals surface area contributed by atoms with Gasteiger partial charge in [0.2, 0.25) is 5.91 Å². The molecule has 0 aromatic carbocycles. The van der Waals surface area contributed by atoms with Gasteiger partial charge in [0.1, 0.15) is 0 Å². The van der Waals surface area contributed by atoms with Crippen molar-refractivity contribution in [1.82, 2.24) is 10.2 Å². The Bertz CT molecular complexity index is 302. The Morgan fingerprint density at radius 1 is 1.69 bits per heavy atom. The number of likely N-dealkylation sites (N-methyl/N-ethyl adjacent to an activating group) is 1. The van der Waals surface area contributed by atoms with E-state index in [0.29, 0.717) is 18.7 Å². The Balaban J connectivity index is 2.32. The molecular weight excluding hydrogens is 208 g/mol. The molecule has 5 nitrogen and oxygen atoms in total. The monoisotopic (exact) mass is 226 g/mol. The maximum atomic E-state index is 11.5. The van der Waals surface area contributed by atoms with E-state index in [1.807, 2.05) is 0 Å². The van der Waals surface area contributed by atoms with Crippen LogP contribution in [0.5, 0.6) is 0 Å². The van der Waals surface area contributed by atoms with Crippen LogP contribution in [-0.2, 0) is 14.3 Å². The second-order valence-electron chi connectivity index (χ2n) is 3.81. The van der Waals surface area contributed by atoms with Gasteiger partial charge in [-0.3, -0.25) is 4.79 Å². The fourth-order valence-electron chi connectivity index (χ4n) is 1.56. The van der Waals surface area contributed by atoms with Crippen LogP contribution in [0.2, 0.25) is 0 Å². The van der Waals surface area contributed by atoms with Crippen molar-refractivity contribution >= 4 is 11.9 Å². The van der Waals surface area contributed by atoms with Gasteiger partial charge in [-0.05, 0) is 13.3 Å². The lowest BCUT2D eigenvalue weighted by atomic mass is 10.2. The molecule has 1 aliphatic heterocycles. The zero-order valence-corrected chi connectivity index (χ0v) is 9.78. The number of nitrogens with one attached hydrogen (secondary N) is 1. The molecule has 0 spiro atoms. The summed E-state index contributed by atoms with van der Waals surface area (Å²) in [5.74, 6) is -0.342. The van der Waals surface area contributed by atoms with Gasteiger partial charge in [-0.25, -0.2) is 4.79 Å². The minimum absolute atomic E-state index is 0.0664. The van der Waals surface area contributed by atoms with Crippen molar-refractivity contribution in [3.05, 3.63) is 12.2 Å². The van der Waals surface area contributed by atoms with Crippen LogP contribution in [0.25, 0.3) is 0 Å². The van der Waals surface area contributed by atoms with E-state index in [0.717, 1.165) is 13.0 Å². The van der Waals surface area contributed by atoms with Crippen molar-refractivity contribution in [3.63, 3.8) is 0 Å². The highest BCUT2D eigenvalue weighted by molar-refractivity contribution is 5.88. The number of hydrogen-bond donors (Lipinski definition) is 1. The summed E-state index contributed by atoms with van der Waals surface area (Å²) in [7, 11) is 1.77. The zero-order valence-electron chi connectivity index (χ0n) is 9.78. The van der Waals surface area contributed by atoms with E-state index in [2.05, 4.69) is 11.9 Å². The maximum absolute atomic E-state index is 11.5. The molecular formula is C11H18N2O3. The van der Waals surface area contributed by atoms with E-state index in [-0.39, 0.29) is 11.9 Å². The van der Waals surface area contributed by atoms with E-state index in [4.69, 9.17) is 4.74 Å². The Morgan fingerprint density at radius 2 is 2.38 bits per heavy atom. The predicted molar refractivity (Wildman–Crippen MR) is 59.8 cm³/mol. The summed E-state index contributed by atoms with van der Waals surface area (Å²) < 4.78 is 4.79. The van der Waals surface area contributed by atoms with Crippen LogP contribution in [0.3, 0.4) is 0 Å². The molecule has 0 bridgehead atoms. The topological polar surface area (TPSA) is 58.6 Å². The van der Waals surface area contributed by atoms with Crippen LogP contribution in [0.4, 0.5) is 0 Å². The summed E-state index contributed by atoms with van der Waals surface area (Å²) in [6.45, 7) is 6.74. The first-order chi connectivity index (χ1) is 7.56. The zero-order chi connectivity index (χ0) is 12.1. The molecule has 0 saturated carbocycles. The van der Waals surface area contributed by atoms with Crippen molar-refractivity contribution in [3.8, 4) is 0 Å². The Hall–Kier alpha value is -1.36. The van der Waals surface area contributed by atoms with Crippen molar-refractivity contribution in [2.75, 3.05) is 26.7 Å². The summed E-state index contributed by atoms with van der Waals surface area (Å²) in [4.78, 5) is 24.4. The van der Waals surface area contributed by atoms with Crippen molar-refractivity contribution in [2.24, 2.45) is 0 Å². The minimum atomic E-state index is -0.409. The standard InChI is InChI=1S/C11H18N2O3/c1-4-16-11(15)8(2)7-12-9-5-6-13(3)10(9)14/h9,12H,2,4-7H2,1,3H3. The third-order valence-electron chi connectivity index (χ3n) is 2.55. The van der Waals surface area contributed by atoms with Gasteiger partial charge in [-0.1, -0.05) is 6.58 Å². The van der Waals surface area contributed by atoms with E-state index in [1.54, 1.807) is 18.9 Å². The molecule has 5 heteroatoms. The average molecular weight is 226 g/mol. The predicted octanol–water partition coefficient (Wildman–Crippen LogP) is -0.0740. The number of likely N-dealkylation sites (tertiary alicyclic amines) is 1. The Morgan fingerprint density at radius 3 is 2.88 bits per heavy atom. The summed E-state index contributed by atoms with van der Waals surface area (Å²) in [5, 5.41) is 3.01. The van der Waals surface area contributed by atoms with Crippen LogP contribution in [0, 0.1) is 0 Å². The van der Waals surface area contributed by atoms with Gasteiger partial charge in [0.15, 0.2) is 0 Å². The third kappa shape index (κ3) is 3.06. The Kier molecular flexibility index (Phi) is 4.49. The first-order valence-electron chi connectivity index (χ1n) is 5.39. The fraction of sp³-hybridized carbons (Fsp3) is 0.636. The number of carbonyl (C=O) groups is 2. The second-order valence-corrected chi connectivity index (χ2v) is 3.81. The number of hydrogen-bond acceptors (Lipinski definition) is 4. The van der Waals surface area contributed by atoms with E-state index in [9.17, 15) is 9.59 Å². The number of amides is 1. The lowest BCUT2D eigenvalue weighted by Gasteiger charge is -2.12. The number of rotatable bonds is 5. The molecule has 0 radical (unpaired) electrons. The van der Waals surface area contributed by atoms with Crippen molar-refractivity contribution in [1.29, 1.82) is 0 Å². The van der Waals surface area contributed by atoms with Crippen molar-refractivity contribution < 1.29 is 14.3 Å². The molecule has 90 valence electrons. The normalized spacial score (nSPS) is 20.0. The van der Waals surface area contributed by atoms with E-state index < -0.39 is 5.97 Å². The first kappa shape index (κ1) is 12.7.